The Bertz CT molecular complexity index is 111. The van der Waals surface area contributed by atoms with Gasteiger partial charge in [0.05, 0.1) is 0 Å². The van der Waals surface area contributed by atoms with Crippen molar-refractivity contribution in [3.8, 4) is 0 Å². The second-order valence-corrected chi connectivity index (χ2v) is 2.96. The molecule has 54 valence electrons. The Morgan fingerprint density at radius 2 is 1.78 bits per heavy atom. The van der Waals surface area contributed by atoms with Crippen LogP contribution in [0.1, 0.15) is 27.7 Å². The minimum absolute atomic E-state index is 0.108. The summed E-state index contributed by atoms with van der Waals surface area (Å²) in [5.41, 5.74) is -0.108. The lowest BCUT2D eigenvalue weighted by Gasteiger charge is -2.19. The molecule has 0 aliphatic rings. The van der Waals surface area contributed by atoms with Crippen molar-refractivity contribution in [1.29, 1.82) is 0 Å². The van der Waals surface area contributed by atoms with Gasteiger partial charge in [-0.15, -0.1) is 0 Å². The van der Waals surface area contributed by atoms with Crippen LogP contribution in [-0.4, -0.2) is 18.5 Å². The summed E-state index contributed by atoms with van der Waals surface area (Å²) in [7, 11) is 1.72. The van der Waals surface area contributed by atoms with Gasteiger partial charge in [0, 0.05) is 14.0 Å². The molecular weight excluding hydrogens is 114 g/mol. The predicted octanol–water partition coefficient (Wildman–Crippen LogP) is 1.85. The standard InChI is InChI=1S/C7H15NO/c1-6(8-5)9-7(2,3)4/h1-5H3. The lowest BCUT2D eigenvalue weighted by atomic mass is 10.2. The summed E-state index contributed by atoms with van der Waals surface area (Å²) >= 11 is 0. The summed E-state index contributed by atoms with van der Waals surface area (Å²) in [6.45, 7) is 7.86. The van der Waals surface area contributed by atoms with Gasteiger partial charge in [-0.05, 0) is 20.8 Å². The van der Waals surface area contributed by atoms with Crippen molar-refractivity contribution in [3.63, 3.8) is 0 Å². The highest BCUT2D eigenvalue weighted by atomic mass is 16.5. The van der Waals surface area contributed by atoms with Crippen LogP contribution in [0.3, 0.4) is 0 Å². The molecule has 0 aromatic rings. The summed E-state index contributed by atoms with van der Waals surface area (Å²) in [5, 5.41) is 0. The average Bonchev–Trinajstić information content (AvgIpc) is 1.62. The predicted molar refractivity (Wildman–Crippen MR) is 39.9 cm³/mol. The first-order valence-corrected chi connectivity index (χ1v) is 3.08. The third-order valence-electron chi connectivity index (χ3n) is 0.769. The van der Waals surface area contributed by atoms with Crippen molar-refractivity contribution in [2.45, 2.75) is 33.3 Å². The van der Waals surface area contributed by atoms with Crippen LogP contribution in [0, 0.1) is 0 Å². The van der Waals surface area contributed by atoms with E-state index >= 15 is 0 Å². The van der Waals surface area contributed by atoms with Gasteiger partial charge in [0.15, 0.2) is 5.90 Å². The monoisotopic (exact) mass is 129 g/mol. The van der Waals surface area contributed by atoms with Crippen molar-refractivity contribution < 1.29 is 4.74 Å². The van der Waals surface area contributed by atoms with Crippen LogP contribution in [0.5, 0.6) is 0 Å². The second-order valence-electron chi connectivity index (χ2n) is 2.96. The highest BCUT2D eigenvalue weighted by molar-refractivity contribution is 5.73. The third-order valence-corrected chi connectivity index (χ3v) is 0.769. The van der Waals surface area contributed by atoms with Crippen molar-refractivity contribution in [2.75, 3.05) is 7.05 Å². The van der Waals surface area contributed by atoms with Gasteiger partial charge >= 0.3 is 0 Å². The Morgan fingerprint density at radius 1 is 1.33 bits per heavy atom. The molecule has 9 heavy (non-hydrogen) atoms. The van der Waals surface area contributed by atoms with E-state index in [1.54, 1.807) is 7.05 Å². The number of nitrogens with zero attached hydrogens (tertiary/aromatic N) is 1. The molecule has 0 heterocycles. The van der Waals surface area contributed by atoms with Gasteiger partial charge in [0.1, 0.15) is 5.60 Å². The van der Waals surface area contributed by atoms with Gasteiger partial charge in [-0.2, -0.15) is 0 Å². The SMILES string of the molecule is CN=C(C)OC(C)(C)C. The Hall–Kier alpha value is -0.530. The van der Waals surface area contributed by atoms with E-state index in [4.69, 9.17) is 4.74 Å². The van der Waals surface area contributed by atoms with Crippen LogP contribution in [0.15, 0.2) is 4.99 Å². The van der Waals surface area contributed by atoms with Gasteiger partial charge in [-0.1, -0.05) is 0 Å². The fraction of sp³-hybridized carbons (Fsp3) is 0.857. The maximum atomic E-state index is 5.34. The lowest BCUT2D eigenvalue weighted by molar-refractivity contribution is 0.115. The first-order valence-electron chi connectivity index (χ1n) is 3.08. The number of hydrogen-bond acceptors (Lipinski definition) is 2. The zero-order valence-electron chi connectivity index (χ0n) is 6.86. The van der Waals surface area contributed by atoms with E-state index in [1.807, 2.05) is 27.7 Å². The van der Waals surface area contributed by atoms with E-state index in [9.17, 15) is 0 Å². The third kappa shape index (κ3) is 5.34. The molecule has 0 radical (unpaired) electrons. The van der Waals surface area contributed by atoms with E-state index in [0.29, 0.717) is 0 Å². The summed E-state index contributed by atoms with van der Waals surface area (Å²) < 4.78 is 5.34. The minimum Gasteiger partial charge on any atom is -0.476 e. The molecule has 2 heteroatoms. The summed E-state index contributed by atoms with van der Waals surface area (Å²) in [6.07, 6.45) is 0. The van der Waals surface area contributed by atoms with Crippen LogP contribution in [0.25, 0.3) is 0 Å². The van der Waals surface area contributed by atoms with Gasteiger partial charge in [-0.25, -0.2) is 0 Å². The van der Waals surface area contributed by atoms with Crippen LogP contribution >= 0.6 is 0 Å². The van der Waals surface area contributed by atoms with Crippen molar-refractivity contribution in [2.24, 2.45) is 4.99 Å². The maximum absolute atomic E-state index is 5.34. The normalized spacial score (nSPS) is 13.7. The maximum Gasteiger partial charge on any atom is 0.180 e. The summed E-state index contributed by atoms with van der Waals surface area (Å²) in [4.78, 5) is 3.87. The van der Waals surface area contributed by atoms with E-state index in [-0.39, 0.29) is 5.60 Å². The van der Waals surface area contributed by atoms with E-state index in [0.717, 1.165) is 5.90 Å². The number of hydrogen-bond donors (Lipinski definition) is 0. The van der Waals surface area contributed by atoms with Crippen LogP contribution in [0.2, 0.25) is 0 Å². The zero-order valence-corrected chi connectivity index (χ0v) is 6.86. The van der Waals surface area contributed by atoms with Crippen molar-refractivity contribution in [3.05, 3.63) is 0 Å². The molecule has 0 fully saturated rings. The van der Waals surface area contributed by atoms with Crippen molar-refractivity contribution >= 4 is 5.90 Å². The lowest BCUT2D eigenvalue weighted by Crippen LogP contribution is -2.22. The average molecular weight is 129 g/mol. The molecule has 0 aromatic carbocycles. The molecule has 0 aromatic heterocycles. The van der Waals surface area contributed by atoms with Crippen LogP contribution < -0.4 is 0 Å². The Labute approximate surface area is 56.9 Å². The number of rotatable bonds is 0. The molecular formula is C7H15NO. The molecule has 0 aliphatic carbocycles. The van der Waals surface area contributed by atoms with Gasteiger partial charge in [0.25, 0.3) is 0 Å². The van der Waals surface area contributed by atoms with Crippen LogP contribution in [0.4, 0.5) is 0 Å². The van der Waals surface area contributed by atoms with E-state index < -0.39 is 0 Å². The van der Waals surface area contributed by atoms with E-state index in [2.05, 4.69) is 4.99 Å². The smallest absolute Gasteiger partial charge is 0.180 e. The second kappa shape index (κ2) is 2.85. The highest BCUT2D eigenvalue weighted by Crippen LogP contribution is 2.06. The fourth-order valence-electron chi connectivity index (χ4n) is 0.489. The first-order chi connectivity index (χ1) is 3.95. The summed E-state index contributed by atoms with van der Waals surface area (Å²) in [6, 6.07) is 0. The number of aliphatic imine (C=N–C) groups is 1. The molecule has 2 nitrogen and oxygen atoms in total. The molecule has 0 atom stereocenters. The molecule has 0 rings (SSSR count). The van der Waals surface area contributed by atoms with E-state index in [1.165, 1.54) is 0 Å². The topological polar surface area (TPSA) is 21.6 Å². The van der Waals surface area contributed by atoms with Crippen molar-refractivity contribution in [1.82, 2.24) is 0 Å². The minimum atomic E-state index is -0.108. The van der Waals surface area contributed by atoms with Gasteiger partial charge in [-0.3, -0.25) is 4.99 Å². The Balaban J connectivity index is 3.75. The molecule has 0 saturated carbocycles. The molecule has 0 bridgehead atoms. The molecule has 0 unspecified atom stereocenters. The molecule has 0 aliphatic heterocycles. The summed E-state index contributed by atoms with van der Waals surface area (Å²) in [5.74, 6) is 0.738. The number of ether oxygens (including phenoxy) is 1. The quantitative estimate of drug-likeness (QED) is 0.361. The van der Waals surface area contributed by atoms with Crippen LogP contribution in [-0.2, 0) is 4.74 Å². The Morgan fingerprint density at radius 3 is 1.89 bits per heavy atom. The molecule has 0 spiro atoms. The van der Waals surface area contributed by atoms with Gasteiger partial charge in [0.2, 0.25) is 0 Å². The highest BCUT2D eigenvalue weighted by Gasteiger charge is 2.10. The first kappa shape index (κ1) is 8.47. The molecule has 0 N–H and O–H groups in total. The fourth-order valence-corrected chi connectivity index (χ4v) is 0.489. The molecule has 0 amide bonds. The zero-order chi connectivity index (χ0) is 7.49. The molecule has 0 saturated heterocycles. The Kier molecular flexibility index (Phi) is 2.68. The largest absolute Gasteiger partial charge is 0.476 e. The van der Waals surface area contributed by atoms with Gasteiger partial charge < -0.3 is 4.74 Å².